The van der Waals surface area contributed by atoms with E-state index in [1.807, 2.05) is 19.1 Å². The van der Waals surface area contributed by atoms with Gasteiger partial charge in [-0.1, -0.05) is 58.3 Å². The zero-order valence-electron chi connectivity index (χ0n) is 12.9. The van der Waals surface area contributed by atoms with Gasteiger partial charge in [-0.15, -0.1) is 0 Å². The van der Waals surface area contributed by atoms with Crippen LogP contribution in [0.15, 0.2) is 33.0 Å². The molecule has 1 atom stereocenters. The number of aliphatic hydroxyl groups excluding tert-OH is 1. The second-order valence-electron chi connectivity index (χ2n) is 4.87. The Morgan fingerprint density at radius 1 is 1.05 bits per heavy atom. The largest absolute Gasteiger partial charge is 0.385 e. The second-order valence-corrected chi connectivity index (χ2v) is 6.17. The van der Waals surface area contributed by atoms with E-state index in [2.05, 4.69) is 49.4 Å². The molecule has 0 aliphatic carbocycles. The molecule has 0 aliphatic rings. The van der Waals surface area contributed by atoms with Gasteiger partial charge in [-0.25, -0.2) is 0 Å². The molecule has 2 heteroatoms. The van der Waals surface area contributed by atoms with Crippen molar-refractivity contribution in [3.05, 3.63) is 33.0 Å². The average Bonchev–Trinajstić information content (AvgIpc) is 2.37. The highest BCUT2D eigenvalue weighted by atomic mass is 127. The lowest BCUT2D eigenvalue weighted by Crippen LogP contribution is -2.07. The van der Waals surface area contributed by atoms with E-state index in [4.69, 9.17) is 0 Å². The van der Waals surface area contributed by atoms with Crippen LogP contribution in [0, 0.1) is 0 Å². The average molecular weight is 376 g/mol. The molecule has 0 amide bonds. The predicted molar refractivity (Wildman–Crippen MR) is 94.7 cm³/mol. The third kappa shape index (κ3) is 7.93. The standard InChI is InChI=1S/C17H29IO/c1-5-9-14(16(18)11-7-3)13-15(10-6-2)17(19)12-8-4/h8,12-13,17,19H,5-7,9-11H2,1-4H3/b12-8+,15-13+,16-14-. The van der Waals surface area contributed by atoms with Crippen LogP contribution in [0.25, 0.3) is 0 Å². The van der Waals surface area contributed by atoms with E-state index in [0.29, 0.717) is 0 Å². The molecule has 0 bridgehead atoms. The number of aliphatic hydroxyl groups is 1. The maximum absolute atomic E-state index is 10.2. The van der Waals surface area contributed by atoms with Crippen LogP contribution in [0.5, 0.6) is 0 Å². The molecular formula is C17H29IO. The van der Waals surface area contributed by atoms with Crippen molar-refractivity contribution in [3.63, 3.8) is 0 Å². The monoisotopic (exact) mass is 376 g/mol. The summed E-state index contributed by atoms with van der Waals surface area (Å²) in [4.78, 5) is 0. The summed E-state index contributed by atoms with van der Waals surface area (Å²) in [6.45, 7) is 8.55. The first-order chi connectivity index (χ1) is 9.10. The van der Waals surface area contributed by atoms with Gasteiger partial charge in [0.2, 0.25) is 0 Å². The Morgan fingerprint density at radius 2 is 1.63 bits per heavy atom. The second kappa shape index (κ2) is 11.7. The summed E-state index contributed by atoms with van der Waals surface area (Å²) in [6.07, 6.45) is 12.2. The van der Waals surface area contributed by atoms with E-state index in [1.54, 1.807) is 0 Å². The van der Waals surface area contributed by atoms with Crippen LogP contribution in [0.4, 0.5) is 0 Å². The minimum Gasteiger partial charge on any atom is -0.385 e. The highest BCUT2D eigenvalue weighted by Gasteiger charge is 2.09. The van der Waals surface area contributed by atoms with Crippen molar-refractivity contribution in [3.8, 4) is 0 Å². The zero-order valence-corrected chi connectivity index (χ0v) is 15.0. The van der Waals surface area contributed by atoms with E-state index in [1.165, 1.54) is 15.6 Å². The van der Waals surface area contributed by atoms with Crippen LogP contribution >= 0.6 is 22.6 Å². The fraction of sp³-hybridized carbons (Fsp3) is 0.647. The van der Waals surface area contributed by atoms with E-state index < -0.39 is 6.10 Å². The molecular weight excluding hydrogens is 347 g/mol. The number of rotatable bonds is 9. The lowest BCUT2D eigenvalue weighted by Gasteiger charge is -2.13. The summed E-state index contributed by atoms with van der Waals surface area (Å²) in [5, 5.41) is 10.2. The lowest BCUT2D eigenvalue weighted by molar-refractivity contribution is 0.254. The van der Waals surface area contributed by atoms with Crippen LogP contribution in [-0.4, -0.2) is 11.2 Å². The van der Waals surface area contributed by atoms with Gasteiger partial charge in [-0.3, -0.25) is 0 Å². The van der Waals surface area contributed by atoms with E-state index in [-0.39, 0.29) is 0 Å². The summed E-state index contributed by atoms with van der Waals surface area (Å²) >= 11 is 2.47. The molecule has 0 spiro atoms. The Labute approximate surface area is 133 Å². The summed E-state index contributed by atoms with van der Waals surface area (Å²) in [7, 11) is 0. The highest BCUT2D eigenvalue weighted by molar-refractivity contribution is 14.1. The lowest BCUT2D eigenvalue weighted by atomic mass is 9.98. The molecule has 0 saturated carbocycles. The maximum Gasteiger partial charge on any atom is 0.0934 e. The van der Waals surface area contributed by atoms with Gasteiger partial charge in [-0.2, -0.15) is 0 Å². The molecule has 0 aromatic carbocycles. The van der Waals surface area contributed by atoms with Crippen molar-refractivity contribution in [2.24, 2.45) is 0 Å². The highest BCUT2D eigenvalue weighted by Crippen LogP contribution is 2.26. The molecule has 1 nitrogen and oxygen atoms in total. The topological polar surface area (TPSA) is 20.2 Å². The first kappa shape index (κ1) is 18.9. The van der Waals surface area contributed by atoms with Crippen molar-refractivity contribution >= 4 is 22.6 Å². The summed E-state index contributed by atoms with van der Waals surface area (Å²) in [6, 6.07) is 0. The summed E-state index contributed by atoms with van der Waals surface area (Å²) in [5.41, 5.74) is 2.56. The minimum atomic E-state index is -0.428. The van der Waals surface area contributed by atoms with Crippen molar-refractivity contribution in [2.45, 2.75) is 72.3 Å². The van der Waals surface area contributed by atoms with Gasteiger partial charge in [0, 0.05) is 0 Å². The fourth-order valence-electron chi connectivity index (χ4n) is 2.06. The first-order valence-corrected chi connectivity index (χ1v) is 8.57. The molecule has 19 heavy (non-hydrogen) atoms. The van der Waals surface area contributed by atoms with Gasteiger partial charge in [0.1, 0.15) is 0 Å². The smallest absolute Gasteiger partial charge is 0.0934 e. The van der Waals surface area contributed by atoms with E-state index in [9.17, 15) is 5.11 Å². The Morgan fingerprint density at radius 3 is 2.11 bits per heavy atom. The van der Waals surface area contributed by atoms with Gasteiger partial charge in [0.25, 0.3) is 0 Å². The molecule has 0 saturated heterocycles. The Hall–Kier alpha value is -0.0900. The van der Waals surface area contributed by atoms with Crippen molar-refractivity contribution < 1.29 is 5.11 Å². The number of halogens is 1. The van der Waals surface area contributed by atoms with Crippen molar-refractivity contribution in [2.75, 3.05) is 0 Å². The van der Waals surface area contributed by atoms with Crippen LogP contribution < -0.4 is 0 Å². The van der Waals surface area contributed by atoms with Gasteiger partial charge in [0.05, 0.1) is 6.10 Å². The van der Waals surface area contributed by atoms with Crippen molar-refractivity contribution in [1.29, 1.82) is 0 Å². The predicted octanol–water partition coefficient (Wildman–Crippen LogP) is 5.94. The number of hydrogen-bond acceptors (Lipinski definition) is 1. The fourth-order valence-corrected chi connectivity index (χ4v) is 3.02. The Balaban J connectivity index is 5.26. The van der Waals surface area contributed by atoms with Crippen LogP contribution in [0.1, 0.15) is 66.2 Å². The molecule has 0 radical (unpaired) electrons. The minimum absolute atomic E-state index is 0.428. The quantitative estimate of drug-likeness (QED) is 0.300. The SMILES string of the molecule is C/C=C/C(O)/C(=C/C(CCC)=C(\I)CCC)CCC. The zero-order chi connectivity index (χ0) is 14.7. The number of hydrogen-bond donors (Lipinski definition) is 1. The first-order valence-electron chi connectivity index (χ1n) is 7.49. The Bertz CT molecular complexity index is 326. The molecule has 1 N–H and O–H groups in total. The molecule has 0 aromatic heterocycles. The van der Waals surface area contributed by atoms with Gasteiger partial charge >= 0.3 is 0 Å². The van der Waals surface area contributed by atoms with Crippen LogP contribution in [0.3, 0.4) is 0 Å². The number of allylic oxidation sites excluding steroid dienone is 4. The normalized spacial score (nSPS) is 15.8. The molecule has 0 aromatic rings. The summed E-state index contributed by atoms with van der Waals surface area (Å²) < 4.78 is 1.45. The molecule has 0 aliphatic heterocycles. The molecule has 0 fully saturated rings. The third-order valence-electron chi connectivity index (χ3n) is 2.99. The third-order valence-corrected chi connectivity index (χ3v) is 4.22. The van der Waals surface area contributed by atoms with E-state index in [0.717, 1.165) is 37.7 Å². The van der Waals surface area contributed by atoms with Gasteiger partial charge < -0.3 is 5.11 Å². The van der Waals surface area contributed by atoms with Crippen molar-refractivity contribution in [1.82, 2.24) is 0 Å². The Kier molecular flexibility index (Phi) is 11.7. The van der Waals surface area contributed by atoms with Crippen LogP contribution in [0.2, 0.25) is 0 Å². The van der Waals surface area contributed by atoms with Gasteiger partial charge in [-0.05, 0) is 63.5 Å². The molecule has 0 rings (SSSR count). The molecule has 0 heterocycles. The summed E-state index contributed by atoms with van der Waals surface area (Å²) in [5.74, 6) is 0. The van der Waals surface area contributed by atoms with Crippen LogP contribution in [-0.2, 0) is 0 Å². The molecule has 1 unspecified atom stereocenters. The molecule has 110 valence electrons. The van der Waals surface area contributed by atoms with E-state index >= 15 is 0 Å². The van der Waals surface area contributed by atoms with Gasteiger partial charge in [0.15, 0.2) is 0 Å². The maximum atomic E-state index is 10.2.